The Balaban J connectivity index is 1.86. The monoisotopic (exact) mass is 428 g/mol. The molecule has 2 N–H and O–H groups in total. The van der Waals surface area contributed by atoms with Crippen LogP contribution in [0.4, 0.5) is 0 Å². The molecule has 0 atom stereocenters. The lowest BCUT2D eigenvalue weighted by Crippen LogP contribution is -2.31. The average Bonchev–Trinajstić information content (AvgIpc) is 3.26. The second kappa shape index (κ2) is 9.10. The van der Waals surface area contributed by atoms with Gasteiger partial charge in [0.15, 0.2) is 0 Å². The first kappa shape index (κ1) is 21.5. The number of sulfonamides is 1. The van der Waals surface area contributed by atoms with Gasteiger partial charge in [0.25, 0.3) is 5.91 Å². The third-order valence-corrected chi connectivity index (χ3v) is 5.77. The highest BCUT2D eigenvalue weighted by atomic mass is 32.2. The molecule has 0 aliphatic rings. The fourth-order valence-corrected chi connectivity index (χ4v) is 3.97. The van der Waals surface area contributed by atoms with E-state index < -0.39 is 15.9 Å². The second-order valence-electron chi connectivity index (χ2n) is 6.91. The van der Waals surface area contributed by atoms with E-state index in [0.29, 0.717) is 5.75 Å². The van der Waals surface area contributed by atoms with Crippen LogP contribution in [0, 0.1) is 0 Å². The number of hydrogen-bond acceptors (Lipinski definition) is 5. The average molecular weight is 429 g/mol. The number of rotatable bonds is 8. The van der Waals surface area contributed by atoms with Crippen LogP contribution in [-0.4, -0.2) is 37.0 Å². The van der Waals surface area contributed by atoms with Crippen molar-refractivity contribution < 1.29 is 17.9 Å². The van der Waals surface area contributed by atoms with Crippen molar-refractivity contribution in [1.82, 2.24) is 19.6 Å². The number of carbonyl (C=O) groups excluding carboxylic acids is 1. The molecule has 0 saturated heterocycles. The van der Waals surface area contributed by atoms with Crippen LogP contribution in [0.25, 0.3) is 5.69 Å². The molecule has 3 aromatic rings. The number of amides is 1. The first-order valence-electron chi connectivity index (χ1n) is 9.36. The van der Waals surface area contributed by atoms with Crippen LogP contribution in [0.2, 0.25) is 0 Å². The van der Waals surface area contributed by atoms with Gasteiger partial charge in [-0.2, -0.15) is 0 Å². The molecule has 3 rings (SSSR count). The summed E-state index contributed by atoms with van der Waals surface area (Å²) in [7, 11) is -2.43. The van der Waals surface area contributed by atoms with E-state index in [2.05, 4.69) is 15.0 Å². The fraction of sp³-hybridized carbons (Fsp3) is 0.238. The predicted octanol–water partition coefficient (Wildman–Crippen LogP) is 2.50. The zero-order valence-corrected chi connectivity index (χ0v) is 17.8. The number of nitrogens with zero attached hydrogens (tertiary/aromatic N) is 2. The minimum atomic E-state index is -3.86. The first-order valence-corrected chi connectivity index (χ1v) is 10.8. The molecule has 0 radical (unpaired) electrons. The molecule has 9 heteroatoms. The quantitative estimate of drug-likeness (QED) is 0.574. The number of carbonyl (C=O) groups is 1. The summed E-state index contributed by atoms with van der Waals surface area (Å²) in [4.78, 5) is 16.5. The Bertz CT molecular complexity index is 1130. The molecule has 0 aliphatic heterocycles. The molecule has 1 heterocycles. The minimum Gasteiger partial charge on any atom is -0.496 e. The highest BCUT2D eigenvalue weighted by molar-refractivity contribution is 7.89. The van der Waals surface area contributed by atoms with Crippen molar-refractivity contribution in [3.63, 3.8) is 0 Å². The van der Waals surface area contributed by atoms with Gasteiger partial charge in [-0.25, -0.2) is 18.1 Å². The van der Waals surface area contributed by atoms with Crippen LogP contribution in [0.15, 0.2) is 66.1 Å². The summed E-state index contributed by atoms with van der Waals surface area (Å²) in [5, 5.41) is 2.75. The number of benzene rings is 2. The van der Waals surface area contributed by atoms with Gasteiger partial charge in [-0.3, -0.25) is 4.79 Å². The van der Waals surface area contributed by atoms with E-state index in [-0.39, 0.29) is 23.0 Å². The Morgan fingerprint density at radius 1 is 1.20 bits per heavy atom. The van der Waals surface area contributed by atoms with Gasteiger partial charge in [0.2, 0.25) is 10.0 Å². The molecule has 30 heavy (non-hydrogen) atoms. The molecule has 8 nitrogen and oxygen atoms in total. The smallest absolute Gasteiger partial charge is 0.255 e. The van der Waals surface area contributed by atoms with Crippen LogP contribution in [-0.2, 0) is 16.6 Å². The van der Waals surface area contributed by atoms with E-state index in [9.17, 15) is 13.2 Å². The van der Waals surface area contributed by atoms with Crippen molar-refractivity contribution >= 4 is 15.9 Å². The summed E-state index contributed by atoms with van der Waals surface area (Å²) in [5.74, 6) is -0.0955. The molecule has 1 aromatic heterocycles. The maximum Gasteiger partial charge on any atom is 0.255 e. The van der Waals surface area contributed by atoms with E-state index in [1.165, 1.54) is 25.3 Å². The van der Waals surface area contributed by atoms with Gasteiger partial charge in [0, 0.05) is 25.0 Å². The molecule has 0 spiro atoms. The zero-order chi connectivity index (χ0) is 21.7. The summed E-state index contributed by atoms with van der Waals surface area (Å²) in [5.41, 5.74) is 1.77. The van der Waals surface area contributed by atoms with E-state index in [1.807, 2.05) is 42.7 Å². The maximum absolute atomic E-state index is 12.9. The van der Waals surface area contributed by atoms with Crippen molar-refractivity contribution in [1.29, 1.82) is 0 Å². The zero-order valence-electron chi connectivity index (χ0n) is 17.0. The molecule has 2 aromatic carbocycles. The van der Waals surface area contributed by atoms with E-state index in [0.717, 1.165) is 11.3 Å². The van der Waals surface area contributed by atoms with Crippen molar-refractivity contribution in [3.05, 3.63) is 72.3 Å². The summed E-state index contributed by atoms with van der Waals surface area (Å²) >= 11 is 0. The molecular weight excluding hydrogens is 404 g/mol. The van der Waals surface area contributed by atoms with Gasteiger partial charge in [0.1, 0.15) is 5.75 Å². The lowest BCUT2D eigenvalue weighted by atomic mass is 10.2. The Morgan fingerprint density at radius 2 is 1.97 bits per heavy atom. The van der Waals surface area contributed by atoms with Gasteiger partial charge in [-0.05, 0) is 43.7 Å². The number of para-hydroxylation sites is 1. The molecular formula is C21H24N4O4S. The van der Waals surface area contributed by atoms with Crippen LogP contribution in [0.1, 0.15) is 29.8 Å². The van der Waals surface area contributed by atoms with E-state index in [1.54, 1.807) is 18.7 Å². The Hall–Kier alpha value is -3.17. The van der Waals surface area contributed by atoms with Crippen LogP contribution < -0.4 is 14.8 Å². The molecule has 0 aliphatic carbocycles. The molecule has 0 saturated carbocycles. The summed E-state index contributed by atoms with van der Waals surface area (Å²) in [6.07, 6.45) is 5.09. The molecule has 0 fully saturated rings. The van der Waals surface area contributed by atoms with Crippen molar-refractivity contribution in [2.45, 2.75) is 31.3 Å². The second-order valence-corrected chi connectivity index (χ2v) is 8.68. The summed E-state index contributed by atoms with van der Waals surface area (Å²) < 4.78 is 35.4. The maximum atomic E-state index is 12.9. The molecule has 158 valence electrons. The van der Waals surface area contributed by atoms with Gasteiger partial charge in [-0.15, -0.1) is 0 Å². The van der Waals surface area contributed by atoms with Gasteiger partial charge in [-0.1, -0.05) is 18.2 Å². The Morgan fingerprint density at radius 3 is 2.63 bits per heavy atom. The molecule has 0 bridgehead atoms. The van der Waals surface area contributed by atoms with Crippen molar-refractivity contribution in [2.75, 3.05) is 7.11 Å². The number of nitrogens with one attached hydrogen (secondary N) is 2. The van der Waals surface area contributed by atoms with Crippen LogP contribution >= 0.6 is 0 Å². The summed E-state index contributed by atoms with van der Waals surface area (Å²) in [6.45, 7) is 3.73. The lowest BCUT2D eigenvalue weighted by Gasteiger charge is -2.14. The van der Waals surface area contributed by atoms with Gasteiger partial charge >= 0.3 is 0 Å². The minimum absolute atomic E-state index is 0.0164. The third kappa shape index (κ3) is 4.87. The molecule has 1 amide bonds. The van der Waals surface area contributed by atoms with Crippen LogP contribution in [0.3, 0.4) is 0 Å². The Kier molecular flexibility index (Phi) is 6.53. The van der Waals surface area contributed by atoms with Gasteiger partial charge < -0.3 is 14.6 Å². The third-order valence-electron chi connectivity index (χ3n) is 4.37. The van der Waals surface area contributed by atoms with Gasteiger partial charge in [0.05, 0.1) is 29.6 Å². The highest BCUT2D eigenvalue weighted by Gasteiger charge is 2.20. The van der Waals surface area contributed by atoms with E-state index in [4.69, 9.17) is 4.74 Å². The first-order chi connectivity index (χ1) is 14.3. The number of ether oxygens (including phenoxy) is 1. The molecule has 0 unspecified atom stereocenters. The standard InChI is InChI=1S/C21H24N4O4S/c1-15(2)24-21(26)18-12-17(8-9-20(18)29-3)30(27,28)23-13-16-6-4-5-7-19(16)25-11-10-22-14-25/h4-12,14-15,23H,13H2,1-3H3,(H,24,26). The largest absolute Gasteiger partial charge is 0.496 e. The number of aromatic nitrogens is 2. The normalized spacial score (nSPS) is 11.5. The number of hydrogen-bond donors (Lipinski definition) is 2. The van der Waals surface area contributed by atoms with Crippen molar-refractivity contribution in [3.8, 4) is 11.4 Å². The topological polar surface area (TPSA) is 102 Å². The van der Waals surface area contributed by atoms with Crippen molar-refractivity contribution in [2.24, 2.45) is 0 Å². The predicted molar refractivity (Wildman–Crippen MR) is 113 cm³/mol. The van der Waals surface area contributed by atoms with E-state index >= 15 is 0 Å². The summed E-state index contributed by atoms with van der Waals surface area (Å²) in [6, 6.07) is 11.5. The number of imidazole rings is 1. The SMILES string of the molecule is COc1ccc(S(=O)(=O)NCc2ccccc2-n2ccnc2)cc1C(=O)NC(C)C. The highest BCUT2D eigenvalue weighted by Crippen LogP contribution is 2.23. The lowest BCUT2D eigenvalue weighted by molar-refractivity contribution is 0.0940. The number of methoxy groups -OCH3 is 1. The fourth-order valence-electron chi connectivity index (χ4n) is 2.94. The van der Waals surface area contributed by atoms with Crippen LogP contribution in [0.5, 0.6) is 5.75 Å². The Labute approximate surface area is 176 Å².